The van der Waals surface area contributed by atoms with E-state index in [2.05, 4.69) is 0 Å². The van der Waals surface area contributed by atoms with Crippen LogP contribution in [0.2, 0.25) is 5.02 Å². The number of esters is 1. The molecule has 2 N–H and O–H groups in total. The second-order valence-electron chi connectivity index (χ2n) is 8.62. The van der Waals surface area contributed by atoms with Gasteiger partial charge in [0.05, 0.1) is 11.3 Å². The summed E-state index contributed by atoms with van der Waals surface area (Å²) >= 11 is 6.32. The molecule has 1 aliphatic heterocycles. The average molecular weight is 520 g/mol. The molecule has 0 saturated heterocycles. The maximum atomic E-state index is 14.5. The summed E-state index contributed by atoms with van der Waals surface area (Å²) in [5.74, 6) is -3.10. The van der Waals surface area contributed by atoms with Crippen LogP contribution < -0.4 is 9.64 Å². The van der Waals surface area contributed by atoms with Gasteiger partial charge >= 0.3 is 18.1 Å². The van der Waals surface area contributed by atoms with Gasteiger partial charge in [0.2, 0.25) is 0 Å². The van der Waals surface area contributed by atoms with Crippen LogP contribution in [0.3, 0.4) is 0 Å². The molecule has 36 heavy (non-hydrogen) atoms. The molecule has 3 aromatic rings. The van der Waals surface area contributed by atoms with Crippen LogP contribution in [0, 0.1) is 0 Å². The first kappa shape index (κ1) is 25.5. The van der Waals surface area contributed by atoms with Crippen LogP contribution in [0.25, 0.3) is 11.1 Å². The summed E-state index contributed by atoms with van der Waals surface area (Å²) in [7, 11) is 1.54. The lowest BCUT2D eigenvalue weighted by molar-refractivity contribution is -0.274. The Labute approximate surface area is 209 Å². The van der Waals surface area contributed by atoms with Gasteiger partial charge in [0.15, 0.2) is 11.4 Å². The first-order chi connectivity index (χ1) is 16.8. The number of ether oxygens (including phenoxy) is 1. The Hall–Kier alpha value is -3.56. The Morgan fingerprint density at radius 3 is 2.31 bits per heavy atom. The van der Waals surface area contributed by atoms with Gasteiger partial charge < -0.3 is 19.8 Å². The first-order valence-electron chi connectivity index (χ1n) is 10.8. The molecule has 0 aromatic heterocycles. The topological polar surface area (TPSA) is 87.1 Å². The smallest absolute Gasteiger partial charge is 0.422 e. The van der Waals surface area contributed by atoms with Crippen LogP contribution in [0.1, 0.15) is 34.3 Å². The van der Waals surface area contributed by atoms with Crippen LogP contribution in [-0.2, 0) is 10.4 Å². The zero-order valence-corrected chi connectivity index (χ0v) is 19.9. The summed E-state index contributed by atoms with van der Waals surface area (Å²) in [5.41, 5.74) is -2.35. The lowest BCUT2D eigenvalue weighted by atomic mass is 9.77. The van der Waals surface area contributed by atoms with Crippen LogP contribution in [0.5, 0.6) is 5.75 Å². The normalized spacial score (nSPS) is 16.1. The standard InChI is InChI=1S/C26H21ClF3NO5/c1-14(19-11-17(7-9-20(19)27)15-3-5-16(6-4-15)24(33)34)25(35,26(28,29)30)18-8-10-22-21(12-18)31(2)13-23(32)36-22/h3-12,14,35H,13H2,1-2H3,(H,33,34). The molecule has 188 valence electrons. The number of aromatic carboxylic acids is 1. The zero-order valence-electron chi connectivity index (χ0n) is 19.1. The van der Waals surface area contributed by atoms with Gasteiger partial charge in [-0.1, -0.05) is 42.8 Å². The van der Waals surface area contributed by atoms with E-state index >= 15 is 0 Å². The summed E-state index contributed by atoms with van der Waals surface area (Å²) in [6.07, 6.45) is -5.09. The number of fused-ring (bicyclic) bond motifs is 1. The highest BCUT2D eigenvalue weighted by molar-refractivity contribution is 6.31. The molecule has 0 fully saturated rings. The molecule has 4 rings (SSSR count). The molecule has 0 spiro atoms. The van der Waals surface area contributed by atoms with Crippen molar-refractivity contribution < 1.29 is 37.7 Å². The van der Waals surface area contributed by atoms with Gasteiger partial charge in [0.1, 0.15) is 6.54 Å². The number of carbonyl (C=O) groups is 2. The number of hydrogen-bond acceptors (Lipinski definition) is 5. The number of anilines is 1. The Morgan fingerprint density at radius 2 is 1.69 bits per heavy atom. The number of nitrogens with zero attached hydrogens (tertiary/aromatic N) is 1. The number of carbonyl (C=O) groups excluding carboxylic acids is 1. The largest absolute Gasteiger partial charge is 0.478 e. The fourth-order valence-corrected chi connectivity index (χ4v) is 4.60. The molecular formula is C26H21ClF3NO5. The highest BCUT2D eigenvalue weighted by atomic mass is 35.5. The molecule has 0 radical (unpaired) electrons. The fourth-order valence-electron chi connectivity index (χ4n) is 4.32. The number of halogens is 4. The van der Waals surface area contributed by atoms with Crippen LogP contribution in [0.15, 0.2) is 60.7 Å². The number of benzene rings is 3. The van der Waals surface area contributed by atoms with E-state index in [1.54, 1.807) is 6.07 Å². The first-order valence-corrected chi connectivity index (χ1v) is 11.2. The van der Waals surface area contributed by atoms with Crippen molar-refractivity contribution in [3.63, 3.8) is 0 Å². The van der Waals surface area contributed by atoms with E-state index in [-0.39, 0.29) is 34.1 Å². The summed E-state index contributed by atoms with van der Waals surface area (Å²) in [4.78, 5) is 24.2. The minimum Gasteiger partial charge on any atom is -0.478 e. The summed E-state index contributed by atoms with van der Waals surface area (Å²) in [6.45, 7) is 1.08. The molecule has 10 heteroatoms. The van der Waals surface area contributed by atoms with E-state index in [1.165, 1.54) is 61.3 Å². The van der Waals surface area contributed by atoms with Crippen molar-refractivity contribution in [2.24, 2.45) is 0 Å². The van der Waals surface area contributed by atoms with Crippen LogP contribution in [-0.4, -0.2) is 41.9 Å². The Bertz CT molecular complexity index is 1340. The fraction of sp³-hybridized carbons (Fsp3) is 0.231. The predicted octanol–water partition coefficient (Wildman–Crippen LogP) is 5.61. The third kappa shape index (κ3) is 4.40. The predicted molar refractivity (Wildman–Crippen MR) is 128 cm³/mol. The molecule has 2 unspecified atom stereocenters. The van der Waals surface area contributed by atoms with Crippen molar-refractivity contribution in [2.75, 3.05) is 18.5 Å². The minimum absolute atomic E-state index is 0.0279. The van der Waals surface area contributed by atoms with Gasteiger partial charge in [-0.2, -0.15) is 13.2 Å². The summed E-state index contributed by atoms with van der Waals surface area (Å²) in [6, 6.07) is 13.8. The molecule has 3 aromatic carbocycles. The molecule has 0 saturated carbocycles. The second-order valence-corrected chi connectivity index (χ2v) is 9.02. The lowest BCUT2D eigenvalue weighted by Crippen LogP contribution is -2.47. The van der Waals surface area contributed by atoms with Gasteiger partial charge in [0.25, 0.3) is 0 Å². The number of rotatable bonds is 5. The molecule has 6 nitrogen and oxygen atoms in total. The number of aliphatic hydroxyl groups is 1. The number of carboxylic acid groups (broad SMARTS) is 1. The van der Waals surface area contributed by atoms with E-state index in [4.69, 9.17) is 21.4 Å². The monoisotopic (exact) mass is 519 g/mol. The molecule has 0 amide bonds. The molecular weight excluding hydrogens is 499 g/mol. The Balaban J connectivity index is 1.80. The van der Waals surface area contributed by atoms with Gasteiger partial charge in [-0.15, -0.1) is 0 Å². The highest BCUT2D eigenvalue weighted by Crippen LogP contribution is 2.51. The Kier molecular flexibility index (Phi) is 6.49. The molecule has 1 aliphatic rings. The number of carboxylic acids is 1. The number of likely N-dealkylation sites (N-methyl/N-ethyl adjacent to an activating group) is 1. The number of alkyl halides is 3. The van der Waals surface area contributed by atoms with Gasteiger partial charge in [-0.25, -0.2) is 9.59 Å². The molecule has 0 bridgehead atoms. The van der Waals surface area contributed by atoms with Crippen molar-refractivity contribution in [3.05, 3.63) is 82.4 Å². The Morgan fingerprint density at radius 1 is 1.06 bits per heavy atom. The third-order valence-corrected chi connectivity index (χ3v) is 6.73. The zero-order chi connectivity index (χ0) is 26.4. The number of hydrogen-bond donors (Lipinski definition) is 2. The van der Waals surface area contributed by atoms with Crippen molar-refractivity contribution in [1.82, 2.24) is 0 Å². The van der Waals surface area contributed by atoms with Gasteiger partial charge in [-0.3, -0.25) is 0 Å². The van der Waals surface area contributed by atoms with Gasteiger partial charge in [0, 0.05) is 18.0 Å². The van der Waals surface area contributed by atoms with E-state index < -0.39 is 35.2 Å². The summed E-state index contributed by atoms with van der Waals surface area (Å²) < 4.78 is 48.7. The SMILES string of the molecule is CC(c1cc(-c2ccc(C(=O)O)cc2)ccc1Cl)C(O)(c1ccc2c(c1)N(C)CC(=O)O2)C(F)(F)F. The minimum atomic E-state index is -5.09. The molecule has 0 aliphatic carbocycles. The van der Waals surface area contributed by atoms with Crippen molar-refractivity contribution in [1.29, 1.82) is 0 Å². The maximum absolute atomic E-state index is 14.5. The second kappa shape index (κ2) is 9.15. The van der Waals surface area contributed by atoms with Crippen molar-refractivity contribution in [3.8, 4) is 16.9 Å². The van der Waals surface area contributed by atoms with Crippen molar-refractivity contribution >= 4 is 29.2 Å². The third-order valence-electron chi connectivity index (χ3n) is 6.39. The quantitative estimate of drug-likeness (QED) is 0.336. The van der Waals surface area contributed by atoms with E-state index in [0.717, 1.165) is 12.1 Å². The molecule has 2 atom stereocenters. The van der Waals surface area contributed by atoms with Crippen molar-refractivity contribution in [2.45, 2.75) is 24.6 Å². The van der Waals surface area contributed by atoms with E-state index in [1.807, 2.05) is 0 Å². The van der Waals surface area contributed by atoms with E-state index in [0.29, 0.717) is 11.1 Å². The van der Waals surface area contributed by atoms with Crippen LogP contribution in [0.4, 0.5) is 18.9 Å². The van der Waals surface area contributed by atoms with E-state index in [9.17, 15) is 27.9 Å². The van der Waals surface area contributed by atoms with Crippen LogP contribution >= 0.6 is 11.6 Å². The summed E-state index contributed by atoms with van der Waals surface area (Å²) in [5, 5.41) is 20.4. The maximum Gasteiger partial charge on any atom is 0.422 e. The van der Waals surface area contributed by atoms with Gasteiger partial charge in [-0.05, 0) is 58.7 Å². The average Bonchev–Trinajstić information content (AvgIpc) is 2.82. The lowest BCUT2D eigenvalue weighted by Gasteiger charge is -2.38. The highest BCUT2D eigenvalue weighted by Gasteiger charge is 2.59. The molecule has 1 heterocycles.